The Morgan fingerprint density at radius 2 is 2.10 bits per heavy atom. The number of amidine groups is 2. The summed E-state index contributed by atoms with van der Waals surface area (Å²) in [6.45, 7) is 0.0292. The zero-order valence-corrected chi connectivity index (χ0v) is 17.5. The Labute approximate surface area is 182 Å². The summed E-state index contributed by atoms with van der Waals surface area (Å²) in [4.78, 5) is 26.9. The highest BCUT2D eigenvalue weighted by Gasteiger charge is 2.32. The number of aliphatic imine (C=N–C) groups is 1. The summed E-state index contributed by atoms with van der Waals surface area (Å²) in [5, 5.41) is 25.0. The van der Waals surface area contributed by atoms with Gasteiger partial charge >= 0.3 is 0 Å². The van der Waals surface area contributed by atoms with Gasteiger partial charge in [0, 0.05) is 6.07 Å². The molecule has 30 heavy (non-hydrogen) atoms. The third-order valence-corrected chi connectivity index (χ3v) is 5.53. The number of rotatable bonds is 5. The Balaban J connectivity index is 1.54. The summed E-state index contributed by atoms with van der Waals surface area (Å²) < 4.78 is 6.33. The monoisotopic (exact) mass is 485 g/mol. The number of carbonyl (C=O) groups excluding carboxylic acids is 1. The molecular formula is C19H12BrN5O4S. The maximum Gasteiger partial charge on any atom is 0.283 e. The Morgan fingerprint density at radius 3 is 2.87 bits per heavy atom. The van der Waals surface area contributed by atoms with Gasteiger partial charge in [0.1, 0.15) is 12.4 Å². The van der Waals surface area contributed by atoms with Crippen LogP contribution in [-0.4, -0.2) is 32.4 Å². The lowest BCUT2D eigenvalue weighted by Gasteiger charge is -2.20. The van der Waals surface area contributed by atoms with Crippen LogP contribution in [0.25, 0.3) is 6.08 Å². The number of nitro benzene ring substituents is 1. The van der Waals surface area contributed by atoms with Crippen molar-refractivity contribution in [2.45, 2.75) is 6.61 Å². The van der Waals surface area contributed by atoms with E-state index in [4.69, 9.17) is 10.1 Å². The lowest BCUT2D eigenvalue weighted by molar-refractivity contribution is -0.385. The van der Waals surface area contributed by atoms with Crippen LogP contribution in [0.1, 0.15) is 11.1 Å². The molecule has 0 radical (unpaired) electrons. The molecule has 2 aromatic carbocycles. The number of hydrogen-bond donors (Lipinski definition) is 1. The first-order valence-corrected chi connectivity index (χ1v) is 10.2. The summed E-state index contributed by atoms with van der Waals surface area (Å²) in [6.07, 6.45) is 1.56. The van der Waals surface area contributed by atoms with Gasteiger partial charge in [-0.15, -0.1) is 0 Å². The van der Waals surface area contributed by atoms with Crippen LogP contribution in [0.15, 0.2) is 62.6 Å². The van der Waals surface area contributed by atoms with E-state index in [2.05, 4.69) is 26.0 Å². The van der Waals surface area contributed by atoms with Gasteiger partial charge in [-0.05, 0) is 57.5 Å². The quantitative estimate of drug-likeness (QED) is 0.385. The number of hydrogen-bond acceptors (Lipinski definition) is 7. The molecule has 2 aliphatic heterocycles. The number of hydrazone groups is 1. The molecule has 0 bridgehead atoms. The smallest absolute Gasteiger partial charge is 0.283 e. The van der Waals surface area contributed by atoms with E-state index in [-0.39, 0.29) is 23.7 Å². The van der Waals surface area contributed by atoms with Gasteiger partial charge in [-0.3, -0.25) is 20.3 Å². The summed E-state index contributed by atoms with van der Waals surface area (Å²) in [5.74, 6) is -0.0580. The Morgan fingerprint density at radius 1 is 1.30 bits per heavy atom. The van der Waals surface area contributed by atoms with Crippen LogP contribution < -0.4 is 4.74 Å². The van der Waals surface area contributed by atoms with Gasteiger partial charge in [-0.25, -0.2) is 0 Å². The minimum Gasteiger partial charge on any atom is -0.487 e. The van der Waals surface area contributed by atoms with Crippen molar-refractivity contribution in [2.24, 2.45) is 10.1 Å². The topological polar surface area (TPSA) is 121 Å². The molecule has 1 N–H and O–H groups in total. The normalized spacial score (nSPS) is 16.6. The highest BCUT2D eigenvalue weighted by molar-refractivity contribution is 9.10. The summed E-state index contributed by atoms with van der Waals surface area (Å²) >= 11 is 4.60. The zero-order valence-electron chi connectivity index (χ0n) is 15.1. The lowest BCUT2D eigenvalue weighted by Crippen LogP contribution is -2.35. The van der Waals surface area contributed by atoms with Crippen molar-refractivity contribution in [1.29, 1.82) is 5.41 Å². The van der Waals surface area contributed by atoms with Gasteiger partial charge < -0.3 is 4.74 Å². The van der Waals surface area contributed by atoms with Gasteiger partial charge in [-0.1, -0.05) is 18.2 Å². The van der Waals surface area contributed by atoms with Gasteiger partial charge in [0.15, 0.2) is 11.0 Å². The molecule has 9 nitrogen and oxygen atoms in total. The van der Waals surface area contributed by atoms with Gasteiger partial charge in [0.05, 0.1) is 26.1 Å². The van der Waals surface area contributed by atoms with E-state index in [1.807, 2.05) is 0 Å². The number of benzene rings is 2. The van der Waals surface area contributed by atoms with Crippen molar-refractivity contribution in [3.63, 3.8) is 0 Å². The minimum atomic E-state index is -0.503. The van der Waals surface area contributed by atoms with E-state index in [0.717, 1.165) is 0 Å². The molecule has 0 saturated carbocycles. The highest BCUT2D eigenvalue weighted by Crippen LogP contribution is 2.30. The van der Waals surface area contributed by atoms with Crippen LogP contribution >= 0.6 is 27.7 Å². The van der Waals surface area contributed by atoms with Crippen LogP contribution in [-0.2, 0) is 11.4 Å². The highest BCUT2D eigenvalue weighted by atomic mass is 79.9. The number of ether oxygens (including phenoxy) is 1. The van der Waals surface area contributed by atoms with E-state index in [1.165, 1.54) is 28.4 Å². The molecule has 0 aliphatic carbocycles. The Hall–Kier alpha value is -3.31. The van der Waals surface area contributed by atoms with Crippen LogP contribution in [0, 0.1) is 15.5 Å². The van der Waals surface area contributed by atoms with Crippen molar-refractivity contribution < 1.29 is 14.5 Å². The molecule has 0 fully saturated rings. The summed E-state index contributed by atoms with van der Waals surface area (Å²) in [5.41, 5.74) is 2.75. The van der Waals surface area contributed by atoms with E-state index >= 15 is 0 Å². The maximum absolute atomic E-state index is 12.3. The van der Waals surface area contributed by atoms with Gasteiger partial charge in [0.2, 0.25) is 0 Å². The molecule has 11 heteroatoms. The fourth-order valence-electron chi connectivity index (χ4n) is 2.79. The van der Waals surface area contributed by atoms with E-state index in [1.54, 1.807) is 42.5 Å². The summed E-state index contributed by atoms with van der Waals surface area (Å²) in [6, 6.07) is 11.5. The fraction of sp³-hybridized carbons (Fsp3) is 0.0526. The second-order valence-corrected chi connectivity index (χ2v) is 7.79. The average molecular weight is 486 g/mol. The standard InChI is InChI=1S/C19H12BrN5O4S/c20-14-8-11(7-13-17(21)24-19(23-18(13)26)30-10-22-24)5-6-16(14)29-9-12-3-1-2-4-15(12)25(27)28/h1-8,10,21H,9H2. The van der Waals surface area contributed by atoms with Crippen LogP contribution in [0.3, 0.4) is 0 Å². The molecule has 0 aromatic heterocycles. The Kier molecular flexibility index (Phi) is 5.46. The maximum atomic E-state index is 12.3. The zero-order chi connectivity index (χ0) is 21.3. The molecular weight excluding hydrogens is 474 g/mol. The molecule has 0 saturated heterocycles. The number of fused-ring (bicyclic) bond motifs is 1. The van der Waals surface area contributed by atoms with Gasteiger partial charge in [-0.2, -0.15) is 15.1 Å². The molecule has 2 aliphatic rings. The number of nitrogens with one attached hydrogen (secondary N) is 1. The number of carbonyl (C=O) groups is 1. The number of halogens is 1. The van der Waals surface area contributed by atoms with E-state index < -0.39 is 10.8 Å². The second-order valence-electron chi connectivity index (χ2n) is 6.12. The minimum absolute atomic E-state index is 0.00745. The third-order valence-electron chi connectivity index (χ3n) is 4.23. The van der Waals surface area contributed by atoms with Crippen molar-refractivity contribution in [2.75, 3.05) is 0 Å². The van der Waals surface area contributed by atoms with Crippen molar-refractivity contribution >= 4 is 61.9 Å². The first-order chi connectivity index (χ1) is 14.4. The molecule has 2 heterocycles. The Bertz CT molecular complexity index is 1180. The fourth-order valence-corrected chi connectivity index (χ4v) is 3.91. The van der Waals surface area contributed by atoms with Gasteiger partial charge in [0.25, 0.3) is 11.6 Å². The number of para-hydroxylation sites is 1. The van der Waals surface area contributed by atoms with Crippen molar-refractivity contribution in [1.82, 2.24) is 5.01 Å². The van der Waals surface area contributed by atoms with Crippen LogP contribution in [0.5, 0.6) is 5.75 Å². The molecule has 0 spiro atoms. The number of nitrogens with zero attached hydrogens (tertiary/aromatic N) is 4. The van der Waals surface area contributed by atoms with E-state index in [9.17, 15) is 14.9 Å². The molecule has 2 aromatic rings. The third kappa shape index (κ3) is 3.89. The molecule has 1 amide bonds. The number of nitro groups is 1. The summed E-state index contributed by atoms with van der Waals surface area (Å²) in [7, 11) is 0. The number of amides is 1. The van der Waals surface area contributed by atoms with Crippen molar-refractivity contribution in [3.8, 4) is 5.75 Å². The average Bonchev–Trinajstić information content (AvgIpc) is 3.19. The first-order valence-electron chi connectivity index (χ1n) is 8.51. The molecule has 4 rings (SSSR count). The van der Waals surface area contributed by atoms with Crippen LogP contribution in [0.4, 0.5) is 5.69 Å². The predicted molar refractivity (Wildman–Crippen MR) is 118 cm³/mol. The van der Waals surface area contributed by atoms with Crippen molar-refractivity contribution in [3.05, 3.63) is 73.8 Å². The molecule has 0 unspecified atom stereocenters. The lowest BCUT2D eigenvalue weighted by atomic mass is 10.1. The second kappa shape index (κ2) is 8.20. The predicted octanol–water partition coefficient (Wildman–Crippen LogP) is 4.19. The first kappa shape index (κ1) is 20.0. The largest absolute Gasteiger partial charge is 0.487 e. The SMILES string of the molecule is N=C1C(=Cc2ccc(OCc3ccccc3[N+](=O)[O-])c(Br)c2)C(=O)N=C2SC=NN12. The van der Waals surface area contributed by atoms with E-state index in [0.29, 0.717) is 26.5 Å². The van der Waals surface area contributed by atoms with Crippen LogP contribution in [0.2, 0.25) is 0 Å². The molecule has 150 valence electrons. The number of thioether (sulfide) groups is 1. The molecule has 0 atom stereocenters.